The zero-order valence-electron chi connectivity index (χ0n) is 9.51. The van der Waals surface area contributed by atoms with Gasteiger partial charge in [0.05, 0.1) is 6.54 Å². The van der Waals surface area contributed by atoms with Crippen molar-refractivity contribution >= 4 is 17.6 Å². The minimum absolute atomic E-state index is 0.134. The molecule has 2 N–H and O–H groups in total. The average Bonchev–Trinajstić information content (AvgIpc) is 2.48. The summed E-state index contributed by atoms with van der Waals surface area (Å²) in [6.45, 7) is 1.98. The van der Waals surface area contributed by atoms with E-state index in [1.807, 2.05) is 24.3 Å². The molecule has 0 fully saturated rings. The number of rotatable bonds is 2. The molecule has 5 nitrogen and oxygen atoms in total. The number of carbonyl (C=O) groups excluding carboxylic acids is 1. The van der Waals surface area contributed by atoms with Crippen LogP contribution in [0.25, 0.3) is 0 Å². The fourth-order valence-electron chi connectivity index (χ4n) is 1.86. The summed E-state index contributed by atoms with van der Waals surface area (Å²) in [7, 11) is 0. The summed E-state index contributed by atoms with van der Waals surface area (Å²) >= 11 is 0. The van der Waals surface area contributed by atoms with Crippen molar-refractivity contribution in [2.75, 3.05) is 11.9 Å². The van der Waals surface area contributed by atoms with Crippen LogP contribution in [0.4, 0.5) is 5.69 Å². The highest BCUT2D eigenvalue weighted by atomic mass is 16.4. The molecule has 1 heterocycles. The molecule has 0 aliphatic carbocycles. The van der Waals surface area contributed by atoms with Crippen LogP contribution in [0.2, 0.25) is 0 Å². The van der Waals surface area contributed by atoms with Crippen LogP contribution >= 0.6 is 0 Å². The maximum atomic E-state index is 11.8. The number of nitrogens with one attached hydrogen (secondary N) is 1. The zero-order chi connectivity index (χ0) is 12.4. The lowest BCUT2D eigenvalue weighted by molar-refractivity contribution is -0.149. The van der Waals surface area contributed by atoms with Gasteiger partial charge in [-0.3, -0.25) is 4.79 Å². The van der Waals surface area contributed by atoms with E-state index < -0.39 is 12.0 Å². The van der Waals surface area contributed by atoms with Gasteiger partial charge in [0.2, 0.25) is 5.91 Å². The molecule has 90 valence electrons. The molecule has 2 rings (SSSR count). The number of fused-ring (bicyclic) bond motifs is 1. The first-order valence-electron chi connectivity index (χ1n) is 5.43. The van der Waals surface area contributed by atoms with E-state index in [1.165, 1.54) is 11.8 Å². The quantitative estimate of drug-likeness (QED) is 0.798. The van der Waals surface area contributed by atoms with Gasteiger partial charge in [0.1, 0.15) is 6.04 Å². The number of para-hydroxylation sites is 1. The summed E-state index contributed by atoms with van der Waals surface area (Å²) < 4.78 is 0. The molecule has 1 aromatic carbocycles. The van der Waals surface area contributed by atoms with Crippen molar-refractivity contribution in [3.63, 3.8) is 0 Å². The highest BCUT2D eigenvalue weighted by Gasteiger charge is 2.28. The van der Waals surface area contributed by atoms with Crippen LogP contribution in [0.1, 0.15) is 12.5 Å². The van der Waals surface area contributed by atoms with Crippen molar-refractivity contribution in [3.05, 3.63) is 29.8 Å². The largest absolute Gasteiger partial charge is 0.480 e. The Morgan fingerprint density at radius 2 is 2.18 bits per heavy atom. The number of hydrogen-bond acceptors (Lipinski definition) is 3. The maximum Gasteiger partial charge on any atom is 0.326 e. The van der Waals surface area contributed by atoms with Crippen LogP contribution in [-0.4, -0.2) is 34.5 Å². The fourth-order valence-corrected chi connectivity index (χ4v) is 1.86. The normalized spacial score (nSPS) is 16.8. The molecule has 0 saturated heterocycles. The van der Waals surface area contributed by atoms with Crippen LogP contribution < -0.4 is 5.32 Å². The molecule has 0 saturated carbocycles. The van der Waals surface area contributed by atoms with Crippen molar-refractivity contribution in [2.45, 2.75) is 19.5 Å². The number of anilines is 1. The van der Waals surface area contributed by atoms with E-state index in [-0.39, 0.29) is 12.5 Å². The summed E-state index contributed by atoms with van der Waals surface area (Å²) in [6.07, 6.45) is 0. The van der Waals surface area contributed by atoms with Gasteiger partial charge in [0.15, 0.2) is 0 Å². The Labute approximate surface area is 99.0 Å². The minimum atomic E-state index is -0.988. The number of carboxylic acids is 1. The third-order valence-electron chi connectivity index (χ3n) is 2.93. The maximum absolute atomic E-state index is 11.8. The number of carbonyl (C=O) groups is 2. The Morgan fingerprint density at radius 1 is 1.47 bits per heavy atom. The lowest BCUT2D eigenvalue weighted by Crippen LogP contribution is -2.43. The van der Waals surface area contributed by atoms with Gasteiger partial charge in [-0.05, 0) is 18.6 Å². The fraction of sp³-hybridized carbons (Fsp3) is 0.333. The summed E-state index contributed by atoms with van der Waals surface area (Å²) in [5, 5.41) is 12.0. The summed E-state index contributed by atoms with van der Waals surface area (Å²) in [5.41, 5.74) is 1.83. The summed E-state index contributed by atoms with van der Waals surface area (Å²) in [6, 6.07) is 6.72. The molecule has 1 amide bonds. The summed E-state index contributed by atoms with van der Waals surface area (Å²) in [5.74, 6) is -1.19. The molecule has 0 radical (unpaired) electrons. The molecule has 1 atom stereocenters. The number of aliphatic carboxylic acids is 1. The van der Waals surface area contributed by atoms with E-state index in [1.54, 1.807) is 0 Å². The molecule has 0 bridgehead atoms. The molecule has 1 unspecified atom stereocenters. The molecular formula is C12H14N2O3. The van der Waals surface area contributed by atoms with Gasteiger partial charge >= 0.3 is 5.97 Å². The van der Waals surface area contributed by atoms with Gasteiger partial charge in [-0.15, -0.1) is 0 Å². The number of nitrogens with zero attached hydrogens (tertiary/aromatic N) is 1. The lowest BCUT2D eigenvalue weighted by Gasteiger charge is -2.24. The van der Waals surface area contributed by atoms with Crippen molar-refractivity contribution in [1.82, 2.24) is 4.90 Å². The Balaban J connectivity index is 2.30. The Kier molecular flexibility index (Phi) is 2.99. The third-order valence-corrected chi connectivity index (χ3v) is 2.93. The average molecular weight is 234 g/mol. The highest BCUT2D eigenvalue weighted by molar-refractivity contribution is 5.87. The SMILES string of the molecule is CC(C(=O)O)N1Cc2ccccc2NCC1=O. The monoisotopic (exact) mass is 234 g/mol. The first-order chi connectivity index (χ1) is 8.09. The minimum Gasteiger partial charge on any atom is -0.480 e. The summed E-state index contributed by atoms with van der Waals surface area (Å²) in [4.78, 5) is 24.2. The predicted molar refractivity (Wildman–Crippen MR) is 62.6 cm³/mol. The Morgan fingerprint density at radius 3 is 2.88 bits per heavy atom. The van der Waals surface area contributed by atoms with E-state index in [9.17, 15) is 9.59 Å². The molecule has 17 heavy (non-hydrogen) atoms. The smallest absolute Gasteiger partial charge is 0.326 e. The van der Waals surface area contributed by atoms with Crippen molar-refractivity contribution in [1.29, 1.82) is 0 Å². The van der Waals surface area contributed by atoms with Crippen LogP contribution in [-0.2, 0) is 16.1 Å². The highest BCUT2D eigenvalue weighted by Crippen LogP contribution is 2.21. The molecule has 1 aliphatic rings. The van der Waals surface area contributed by atoms with Crippen LogP contribution in [0, 0.1) is 0 Å². The Hall–Kier alpha value is -2.04. The van der Waals surface area contributed by atoms with Crippen molar-refractivity contribution < 1.29 is 14.7 Å². The molecular weight excluding hydrogens is 220 g/mol. The molecule has 1 aromatic rings. The van der Waals surface area contributed by atoms with E-state index in [4.69, 9.17) is 5.11 Å². The first kappa shape index (κ1) is 11.4. The topological polar surface area (TPSA) is 69.6 Å². The second-order valence-electron chi connectivity index (χ2n) is 4.05. The molecule has 1 aliphatic heterocycles. The van der Waals surface area contributed by atoms with Crippen LogP contribution in [0.3, 0.4) is 0 Å². The molecule has 0 spiro atoms. The van der Waals surface area contributed by atoms with Crippen LogP contribution in [0.5, 0.6) is 0 Å². The first-order valence-corrected chi connectivity index (χ1v) is 5.43. The van der Waals surface area contributed by atoms with Gasteiger partial charge in [-0.1, -0.05) is 18.2 Å². The van der Waals surface area contributed by atoms with Gasteiger partial charge < -0.3 is 15.3 Å². The van der Waals surface area contributed by atoms with Crippen molar-refractivity contribution in [2.24, 2.45) is 0 Å². The molecule has 5 heteroatoms. The van der Waals surface area contributed by atoms with Gasteiger partial charge in [-0.25, -0.2) is 4.79 Å². The Bertz CT molecular complexity index is 459. The van der Waals surface area contributed by atoms with Gasteiger partial charge in [0, 0.05) is 12.2 Å². The van der Waals surface area contributed by atoms with Gasteiger partial charge in [0.25, 0.3) is 0 Å². The molecule has 0 aromatic heterocycles. The van der Waals surface area contributed by atoms with E-state index in [0.717, 1.165) is 11.3 Å². The zero-order valence-corrected chi connectivity index (χ0v) is 9.51. The lowest BCUT2D eigenvalue weighted by atomic mass is 10.1. The second kappa shape index (κ2) is 4.45. The third kappa shape index (κ3) is 2.22. The van der Waals surface area contributed by atoms with Crippen molar-refractivity contribution in [3.8, 4) is 0 Å². The van der Waals surface area contributed by atoms with E-state index in [0.29, 0.717) is 6.54 Å². The van der Waals surface area contributed by atoms with Crippen LogP contribution in [0.15, 0.2) is 24.3 Å². The van der Waals surface area contributed by atoms with E-state index >= 15 is 0 Å². The predicted octanol–water partition coefficient (Wildman–Crippen LogP) is 0.914. The number of carboxylic acid groups (broad SMARTS) is 1. The number of benzene rings is 1. The number of amides is 1. The van der Waals surface area contributed by atoms with Gasteiger partial charge in [-0.2, -0.15) is 0 Å². The van der Waals surface area contributed by atoms with E-state index in [2.05, 4.69) is 5.32 Å². The standard InChI is InChI=1S/C12H14N2O3/c1-8(12(16)17)14-7-9-4-2-3-5-10(9)13-6-11(14)15/h2-5,8,13H,6-7H2,1H3,(H,16,17). The second-order valence-corrected chi connectivity index (χ2v) is 4.05. The number of hydrogen-bond donors (Lipinski definition) is 2.